The van der Waals surface area contributed by atoms with Gasteiger partial charge in [-0.15, -0.1) is 0 Å². The summed E-state index contributed by atoms with van der Waals surface area (Å²) in [5, 5.41) is 3.58. The standard InChI is InChI=1S/C17H35N3/c1-5-16-13-19(4)9-6-10-20(16)12-15-11-14(2)7-8-17(15)18-3/h14-18H,5-13H2,1-4H3. The molecule has 20 heavy (non-hydrogen) atoms. The summed E-state index contributed by atoms with van der Waals surface area (Å²) in [6.07, 6.45) is 6.80. The molecular formula is C17H35N3. The average molecular weight is 281 g/mol. The summed E-state index contributed by atoms with van der Waals surface area (Å²) in [6.45, 7) is 9.92. The molecule has 4 unspecified atom stereocenters. The molecule has 2 fully saturated rings. The van der Waals surface area contributed by atoms with E-state index in [2.05, 4.69) is 43.1 Å². The van der Waals surface area contributed by atoms with Crippen molar-refractivity contribution in [2.24, 2.45) is 11.8 Å². The summed E-state index contributed by atoms with van der Waals surface area (Å²) >= 11 is 0. The van der Waals surface area contributed by atoms with E-state index >= 15 is 0 Å². The number of likely N-dealkylation sites (N-methyl/N-ethyl adjacent to an activating group) is 1. The zero-order valence-corrected chi connectivity index (χ0v) is 14.1. The van der Waals surface area contributed by atoms with Gasteiger partial charge in [0, 0.05) is 25.2 Å². The largest absolute Gasteiger partial charge is 0.317 e. The summed E-state index contributed by atoms with van der Waals surface area (Å²) in [6, 6.07) is 1.50. The van der Waals surface area contributed by atoms with Gasteiger partial charge in [-0.1, -0.05) is 13.8 Å². The van der Waals surface area contributed by atoms with E-state index < -0.39 is 0 Å². The predicted molar refractivity (Wildman–Crippen MR) is 87.1 cm³/mol. The Bertz CT molecular complexity index is 281. The number of hydrogen-bond acceptors (Lipinski definition) is 3. The fraction of sp³-hybridized carbons (Fsp3) is 1.00. The van der Waals surface area contributed by atoms with Gasteiger partial charge in [-0.05, 0) is 71.1 Å². The minimum Gasteiger partial charge on any atom is -0.317 e. The van der Waals surface area contributed by atoms with E-state index in [0.29, 0.717) is 0 Å². The van der Waals surface area contributed by atoms with E-state index in [9.17, 15) is 0 Å². The first-order valence-electron chi connectivity index (χ1n) is 8.73. The lowest BCUT2D eigenvalue weighted by Gasteiger charge is -2.40. The molecule has 2 aliphatic rings. The molecule has 2 rings (SSSR count). The molecule has 0 aromatic heterocycles. The van der Waals surface area contributed by atoms with Crippen molar-refractivity contribution >= 4 is 0 Å². The Morgan fingerprint density at radius 3 is 2.70 bits per heavy atom. The van der Waals surface area contributed by atoms with Gasteiger partial charge in [0.2, 0.25) is 0 Å². The second kappa shape index (κ2) is 7.77. The van der Waals surface area contributed by atoms with E-state index in [1.54, 1.807) is 0 Å². The highest BCUT2D eigenvalue weighted by atomic mass is 15.2. The van der Waals surface area contributed by atoms with Gasteiger partial charge < -0.3 is 10.2 Å². The van der Waals surface area contributed by atoms with Crippen molar-refractivity contribution in [3.8, 4) is 0 Å². The zero-order valence-electron chi connectivity index (χ0n) is 14.1. The molecule has 118 valence electrons. The maximum Gasteiger partial charge on any atom is 0.0220 e. The summed E-state index contributed by atoms with van der Waals surface area (Å²) in [4.78, 5) is 5.32. The third-order valence-corrected chi connectivity index (χ3v) is 5.58. The lowest BCUT2D eigenvalue weighted by Crippen LogP contribution is -2.48. The number of hydrogen-bond donors (Lipinski definition) is 1. The van der Waals surface area contributed by atoms with Crippen LogP contribution in [0.1, 0.15) is 46.0 Å². The molecule has 1 saturated heterocycles. The lowest BCUT2D eigenvalue weighted by molar-refractivity contribution is 0.113. The molecule has 0 radical (unpaired) electrons. The predicted octanol–water partition coefficient (Wildman–Crippen LogP) is 2.43. The first-order chi connectivity index (χ1) is 9.63. The minimum atomic E-state index is 0.740. The van der Waals surface area contributed by atoms with Crippen LogP contribution in [0.4, 0.5) is 0 Å². The van der Waals surface area contributed by atoms with E-state index in [-0.39, 0.29) is 0 Å². The van der Waals surface area contributed by atoms with Crippen LogP contribution in [0.15, 0.2) is 0 Å². The van der Waals surface area contributed by atoms with Crippen LogP contribution in [0.5, 0.6) is 0 Å². The second-order valence-electron chi connectivity index (χ2n) is 7.25. The van der Waals surface area contributed by atoms with E-state index in [1.807, 2.05) is 0 Å². The molecule has 0 aromatic carbocycles. The third kappa shape index (κ3) is 4.19. The van der Waals surface area contributed by atoms with Crippen LogP contribution in [0.3, 0.4) is 0 Å². The molecule has 0 bridgehead atoms. The molecule has 4 atom stereocenters. The van der Waals surface area contributed by atoms with E-state index in [1.165, 1.54) is 58.3 Å². The van der Waals surface area contributed by atoms with Crippen molar-refractivity contribution in [1.82, 2.24) is 15.1 Å². The van der Waals surface area contributed by atoms with Crippen LogP contribution in [-0.2, 0) is 0 Å². The van der Waals surface area contributed by atoms with Gasteiger partial charge >= 0.3 is 0 Å². The molecule has 0 spiro atoms. The monoisotopic (exact) mass is 281 g/mol. The highest BCUT2D eigenvalue weighted by Gasteiger charge is 2.31. The van der Waals surface area contributed by atoms with E-state index in [4.69, 9.17) is 0 Å². The molecule has 1 aliphatic heterocycles. The molecule has 1 N–H and O–H groups in total. The molecule has 1 aliphatic carbocycles. The van der Waals surface area contributed by atoms with Crippen molar-refractivity contribution in [2.45, 2.75) is 58.0 Å². The van der Waals surface area contributed by atoms with E-state index in [0.717, 1.165) is 23.9 Å². The summed E-state index contributed by atoms with van der Waals surface area (Å²) in [5.41, 5.74) is 0. The van der Waals surface area contributed by atoms with Gasteiger partial charge in [0.1, 0.15) is 0 Å². The summed E-state index contributed by atoms with van der Waals surface area (Å²) < 4.78 is 0. The van der Waals surface area contributed by atoms with Crippen molar-refractivity contribution in [3.05, 3.63) is 0 Å². The highest BCUT2D eigenvalue weighted by molar-refractivity contribution is 4.87. The molecule has 1 saturated carbocycles. The van der Waals surface area contributed by atoms with Crippen LogP contribution in [0, 0.1) is 11.8 Å². The number of rotatable bonds is 4. The molecular weight excluding hydrogens is 246 g/mol. The van der Waals surface area contributed by atoms with Crippen LogP contribution in [0.25, 0.3) is 0 Å². The van der Waals surface area contributed by atoms with Gasteiger partial charge in [0.15, 0.2) is 0 Å². The SMILES string of the molecule is CCC1CN(C)CCCN1CC1CC(C)CCC1NC. The van der Waals surface area contributed by atoms with Gasteiger partial charge in [0.25, 0.3) is 0 Å². The lowest BCUT2D eigenvalue weighted by atomic mass is 9.78. The van der Waals surface area contributed by atoms with Crippen LogP contribution >= 0.6 is 0 Å². The van der Waals surface area contributed by atoms with Crippen molar-refractivity contribution in [3.63, 3.8) is 0 Å². The Balaban J connectivity index is 1.97. The smallest absolute Gasteiger partial charge is 0.0220 e. The highest BCUT2D eigenvalue weighted by Crippen LogP contribution is 2.30. The molecule has 3 nitrogen and oxygen atoms in total. The molecule has 1 heterocycles. The Kier molecular flexibility index (Phi) is 6.31. The zero-order chi connectivity index (χ0) is 14.5. The third-order valence-electron chi connectivity index (χ3n) is 5.58. The number of nitrogens with one attached hydrogen (secondary N) is 1. The van der Waals surface area contributed by atoms with Crippen molar-refractivity contribution < 1.29 is 0 Å². The quantitative estimate of drug-likeness (QED) is 0.854. The average Bonchev–Trinajstić information content (AvgIpc) is 2.61. The maximum absolute atomic E-state index is 3.58. The Labute approximate surface area is 126 Å². The minimum absolute atomic E-state index is 0.740. The molecule has 0 aromatic rings. The van der Waals surface area contributed by atoms with Crippen LogP contribution < -0.4 is 5.32 Å². The Morgan fingerprint density at radius 2 is 2.00 bits per heavy atom. The second-order valence-corrected chi connectivity index (χ2v) is 7.25. The Morgan fingerprint density at radius 1 is 1.20 bits per heavy atom. The van der Waals surface area contributed by atoms with Crippen LogP contribution in [-0.4, -0.2) is 62.2 Å². The summed E-state index contributed by atoms with van der Waals surface area (Å²) in [5.74, 6) is 1.76. The molecule has 0 amide bonds. The fourth-order valence-corrected chi connectivity index (χ4v) is 4.30. The van der Waals surface area contributed by atoms with Gasteiger partial charge in [-0.3, -0.25) is 4.90 Å². The molecule has 3 heteroatoms. The Hall–Kier alpha value is -0.120. The van der Waals surface area contributed by atoms with Crippen molar-refractivity contribution in [1.29, 1.82) is 0 Å². The normalized spacial score (nSPS) is 37.8. The van der Waals surface area contributed by atoms with Gasteiger partial charge in [-0.2, -0.15) is 0 Å². The van der Waals surface area contributed by atoms with Gasteiger partial charge in [-0.25, -0.2) is 0 Å². The summed E-state index contributed by atoms with van der Waals surface area (Å²) in [7, 11) is 4.44. The first kappa shape index (κ1) is 16.3. The maximum atomic E-state index is 3.58. The topological polar surface area (TPSA) is 18.5 Å². The number of nitrogens with zero attached hydrogens (tertiary/aromatic N) is 2. The van der Waals surface area contributed by atoms with Gasteiger partial charge in [0.05, 0.1) is 0 Å². The van der Waals surface area contributed by atoms with Crippen molar-refractivity contribution in [2.75, 3.05) is 40.3 Å². The van der Waals surface area contributed by atoms with Crippen LogP contribution in [0.2, 0.25) is 0 Å². The fourth-order valence-electron chi connectivity index (χ4n) is 4.30. The first-order valence-corrected chi connectivity index (χ1v) is 8.73.